The highest BCUT2D eigenvalue weighted by molar-refractivity contribution is 7.99. The van der Waals surface area contributed by atoms with Gasteiger partial charge < -0.3 is 14.2 Å². The zero-order valence-electron chi connectivity index (χ0n) is 21.2. The van der Waals surface area contributed by atoms with Gasteiger partial charge in [0.05, 0.1) is 19.1 Å². The number of carbonyl (C=O) groups excluding carboxylic acids is 2. The molecule has 5 nitrogen and oxygen atoms in total. The number of hydrogen-bond donors (Lipinski definition) is 0. The summed E-state index contributed by atoms with van der Waals surface area (Å²) in [7, 11) is 0. The minimum atomic E-state index is -0.179. The summed E-state index contributed by atoms with van der Waals surface area (Å²) in [5.74, 6) is 0.427. The summed E-state index contributed by atoms with van der Waals surface area (Å²) >= 11 is 1.77. The molecule has 190 valence electrons. The summed E-state index contributed by atoms with van der Waals surface area (Å²) in [6, 6.07) is 16.3. The molecule has 1 saturated heterocycles. The normalized spacial score (nSPS) is 17.5. The fourth-order valence-electron chi connectivity index (χ4n) is 4.24. The third kappa shape index (κ3) is 8.78. The van der Waals surface area contributed by atoms with Crippen LogP contribution >= 0.6 is 11.8 Å². The fourth-order valence-corrected chi connectivity index (χ4v) is 5.52. The molecule has 35 heavy (non-hydrogen) atoms. The number of aryl methyl sites for hydroxylation is 1. The van der Waals surface area contributed by atoms with Crippen LogP contribution in [0.5, 0.6) is 0 Å². The minimum Gasteiger partial charge on any atom is -0.466 e. The quantitative estimate of drug-likeness (QED) is 0.231. The number of benzene rings is 2. The van der Waals surface area contributed by atoms with E-state index in [1.54, 1.807) is 18.7 Å². The first kappa shape index (κ1) is 27.4. The predicted molar refractivity (Wildman–Crippen MR) is 141 cm³/mol. The van der Waals surface area contributed by atoms with Gasteiger partial charge in [0.1, 0.15) is 0 Å². The maximum atomic E-state index is 12.2. The first-order chi connectivity index (χ1) is 17.0. The molecule has 3 rings (SSSR count). The molecule has 0 aromatic heterocycles. The second kappa shape index (κ2) is 14.4. The van der Waals surface area contributed by atoms with Gasteiger partial charge in [-0.15, -0.1) is 0 Å². The second-order valence-corrected chi connectivity index (χ2v) is 10.3. The van der Waals surface area contributed by atoms with E-state index in [1.807, 2.05) is 38.1 Å². The van der Waals surface area contributed by atoms with E-state index in [9.17, 15) is 9.59 Å². The second-order valence-electron chi connectivity index (χ2n) is 9.08. The molecule has 1 fully saturated rings. The molecule has 3 unspecified atom stereocenters. The van der Waals surface area contributed by atoms with Crippen LogP contribution in [0.15, 0.2) is 48.5 Å². The molecule has 0 saturated carbocycles. The maximum Gasteiger partial charge on any atom is 0.309 e. The van der Waals surface area contributed by atoms with Crippen molar-refractivity contribution in [3.8, 4) is 0 Å². The summed E-state index contributed by atoms with van der Waals surface area (Å²) < 4.78 is 16.9. The van der Waals surface area contributed by atoms with E-state index >= 15 is 0 Å². The molecule has 2 aromatic rings. The fraction of sp³-hybridized carbons (Fsp3) is 0.517. The average molecular weight is 499 g/mol. The Bertz CT molecular complexity index is 954. The number of ether oxygens (including phenoxy) is 3. The molecule has 0 amide bonds. The van der Waals surface area contributed by atoms with Crippen molar-refractivity contribution in [1.29, 1.82) is 0 Å². The van der Waals surface area contributed by atoms with E-state index in [4.69, 9.17) is 14.2 Å². The third-order valence-electron chi connectivity index (χ3n) is 6.21. The lowest BCUT2D eigenvalue weighted by Crippen LogP contribution is -2.22. The van der Waals surface area contributed by atoms with E-state index in [2.05, 4.69) is 24.3 Å². The van der Waals surface area contributed by atoms with Crippen LogP contribution in [0, 0.1) is 5.92 Å². The van der Waals surface area contributed by atoms with Crippen LogP contribution in [-0.4, -0.2) is 37.0 Å². The van der Waals surface area contributed by atoms with Gasteiger partial charge in [-0.1, -0.05) is 55.5 Å². The molecule has 1 heterocycles. The van der Waals surface area contributed by atoms with Gasteiger partial charge in [0.2, 0.25) is 0 Å². The van der Waals surface area contributed by atoms with Crippen LogP contribution in [0.4, 0.5) is 0 Å². The Labute approximate surface area is 213 Å². The lowest BCUT2D eigenvalue weighted by molar-refractivity contribution is -0.168. The zero-order valence-corrected chi connectivity index (χ0v) is 22.0. The summed E-state index contributed by atoms with van der Waals surface area (Å²) in [5.41, 5.74) is 4.17. The molecular weight excluding hydrogens is 460 g/mol. The van der Waals surface area contributed by atoms with Gasteiger partial charge >= 0.3 is 5.97 Å². The SMILES string of the molecule is CCOC(=O)C(C)CSC(CCc1ccccc1C(C)=O)c1cccc(COC2CCCCO2)c1. The van der Waals surface area contributed by atoms with Crippen molar-refractivity contribution in [3.05, 3.63) is 70.8 Å². The van der Waals surface area contributed by atoms with Gasteiger partial charge in [0.15, 0.2) is 12.1 Å². The predicted octanol–water partition coefficient (Wildman–Crippen LogP) is 6.54. The standard InChI is InChI=1S/C29H38O5S/c1-4-32-29(31)21(2)20-35-27(16-15-24-11-5-6-13-26(24)22(3)30)25-12-9-10-23(18-25)19-34-28-14-7-8-17-33-28/h5-6,9-13,18,21,27-28H,4,7-8,14-17,19-20H2,1-3H3. The Morgan fingerprint density at radius 1 is 1.14 bits per heavy atom. The topological polar surface area (TPSA) is 61.8 Å². The van der Waals surface area contributed by atoms with Gasteiger partial charge in [-0.25, -0.2) is 0 Å². The van der Waals surface area contributed by atoms with Crippen molar-refractivity contribution in [2.75, 3.05) is 19.0 Å². The highest BCUT2D eigenvalue weighted by Gasteiger charge is 2.20. The van der Waals surface area contributed by atoms with Crippen molar-refractivity contribution in [3.63, 3.8) is 0 Å². The Hall–Kier alpha value is -2.15. The number of carbonyl (C=O) groups is 2. The third-order valence-corrected chi connectivity index (χ3v) is 7.81. The van der Waals surface area contributed by atoms with Gasteiger partial charge in [-0.2, -0.15) is 11.8 Å². The largest absolute Gasteiger partial charge is 0.466 e. The molecule has 0 N–H and O–H groups in total. The van der Waals surface area contributed by atoms with E-state index < -0.39 is 0 Å². The molecule has 0 spiro atoms. The van der Waals surface area contributed by atoms with Crippen LogP contribution in [0.1, 0.15) is 78.8 Å². The van der Waals surface area contributed by atoms with Crippen molar-refractivity contribution < 1.29 is 23.8 Å². The van der Waals surface area contributed by atoms with Crippen molar-refractivity contribution in [2.24, 2.45) is 5.92 Å². The molecule has 1 aliphatic heterocycles. The Morgan fingerprint density at radius 2 is 1.97 bits per heavy atom. The van der Waals surface area contributed by atoms with Crippen LogP contribution in [0.25, 0.3) is 0 Å². The molecular formula is C29H38O5S. The first-order valence-electron chi connectivity index (χ1n) is 12.7. The number of rotatable bonds is 13. The first-order valence-corrected chi connectivity index (χ1v) is 13.7. The van der Waals surface area contributed by atoms with E-state index in [-0.39, 0.29) is 29.2 Å². The summed E-state index contributed by atoms with van der Waals surface area (Å²) in [5, 5.41) is 0.178. The monoisotopic (exact) mass is 498 g/mol. The Kier molecular flexibility index (Phi) is 11.3. The highest BCUT2D eigenvalue weighted by atomic mass is 32.2. The van der Waals surface area contributed by atoms with Gasteiger partial charge in [-0.05, 0) is 62.6 Å². The summed E-state index contributed by atoms with van der Waals surface area (Å²) in [6.45, 7) is 7.05. The Morgan fingerprint density at radius 3 is 2.71 bits per heavy atom. The van der Waals surface area contributed by atoms with Gasteiger partial charge in [0, 0.05) is 23.2 Å². The van der Waals surface area contributed by atoms with E-state index in [0.717, 1.165) is 55.4 Å². The Balaban J connectivity index is 1.71. The zero-order chi connectivity index (χ0) is 25.0. The lowest BCUT2D eigenvalue weighted by atomic mass is 9.97. The van der Waals surface area contributed by atoms with Crippen molar-refractivity contribution in [1.82, 2.24) is 0 Å². The average Bonchev–Trinajstić information content (AvgIpc) is 2.88. The molecule has 2 aromatic carbocycles. The van der Waals surface area contributed by atoms with Crippen LogP contribution in [-0.2, 0) is 32.0 Å². The number of Topliss-reactive ketones (excluding diaryl/α,β-unsaturated/α-hetero) is 1. The molecule has 0 bridgehead atoms. The van der Waals surface area contributed by atoms with Crippen LogP contribution < -0.4 is 0 Å². The lowest BCUT2D eigenvalue weighted by Gasteiger charge is -2.23. The van der Waals surface area contributed by atoms with Gasteiger partial charge in [0.25, 0.3) is 0 Å². The highest BCUT2D eigenvalue weighted by Crippen LogP contribution is 2.36. The van der Waals surface area contributed by atoms with E-state index in [1.165, 1.54) is 5.56 Å². The molecule has 6 heteroatoms. The molecule has 1 aliphatic rings. The minimum absolute atomic E-state index is 0.0878. The van der Waals surface area contributed by atoms with Crippen LogP contribution in [0.2, 0.25) is 0 Å². The van der Waals surface area contributed by atoms with Crippen LogP contribution in [0.3, 0.4) is 0 Å². The van der Waals surface area contributed by atoms with Crippen molar-refractivity contribution >= 4 is 23.5 Å². The molecule has 3 atom stereocenters. The van der Waals surface area contributed by atoms with E-state index in [0.29, 0.717) is 19.0 Å². The summed E-state index contributed by atoms with van der Waals surface area (Å²) in [6.07, 6.45) is 4.72. The molecule has 0 radical (unpaired) electrons. The van der Waals surface area contributed by atoms with Gasteiger partial charge in [-0.3, -0.25) is 9.59 Å². The number of esters is 1. The maximum absolute atomic E-state index is 12.2. The number of thioether (sulfide) groups is 1. The number of ketones is 1. The van der Waals surface area contributed by atoms with Crippen molar-refractivity contribution in [2.45, 2.75) is 71.0 Å². The molecule has 0 aliphatic carbocycles. The summed E-state index contributed by atoms with van der Waals surface area (Å²) in [4.78, 5) is 24.3. The smallest absolute Gasteiger partial charge is 0.309 e. The number of hydrogen-bond acceptors (Lipinski definition) is 6.